The Morgan fingerprint density at radius 3 is 2.62 bits per heavy atom. The summed E-state index contributed by atoms with van der Waals surface area (Å²) in [5.74, 6) is 0.941. The van der Waals surface area contributed by atoms with Gasteiger partial charge in [-0.1, -0.05) is 12.1 Å². The summed E-state index contributed by atoms with van der Waals surface area (Å²) in [7, 11) is -2.53. The van der Waals surface area contributed by atoms with E-state index in [0.29, 0.717) is 42.8 Å². The second kappa shape index (κ2) is 9.15. The quantitative estimate of drug-likeness (QED) is 0.740. The molecule has 1 heterocycles. The van der Waals surface area contributed by atoms with E-state index < -0.39 is 15.9 Å². The molecule has 0 fully saturated rings. The Morgan fingerprint density at radius 2 is 1.86 bits per heavy atom. The first kappa shape index (κ1) is 20.9. The van der Waals surface area contributed by atoms with Crippen molar-refractivity contribution in [3.63, 3.8) is 0 Å². The molecule has 2 aromatic carbocycles. The molecule has 0 saturated carbocycles. The normalized spacial score (nSPS) is 13.6. The molecular formula is C20H24N2O6S. The number of hydrogen-bond donors (Lipinski definition) is 1. The fourth-order valence-electron chi connectivity index (χ4n) is 2.81. The second-order valence-corrected chi connectivity index (χ2v) is 8.44. The number of fused-ring (bicyclic) bond motifs is 1. The van der Waals surface area contributed by atoms with Crippen LogP contribution in [-0.2, 0) is 14.8 Å². The summed E-state index contributed by atoms with van der Waals surface area (Å²) in [5, 5.41) is 2.69. The first-order chi connectivity index (χ1) is 13.9. The van der Waals surface area contributed by atoms with Gasteiger partial charge >= 0.3 is 0 Å². The Bertz CT molecular complexity index is 977. The summed E-state index contributed by atoms with van der Waals surface area (Å²) in [5.41, 5.74) is 0.487. The molecular weight excluding hydrogens is 396 g/mol. The van der Waals surface area contributed by atoms with E-state index in [0.717, 1.165) is 10.7 Å². The Balaban J connectivity index is 1.72. The maximum absolute atomic E-state index is 12.9. The highest BCUT2D eigenvalue weighted by molar-refractivity contribution is 7.89. The van der Waals surface area contributed by atoms with Crippen LogP contribution in [0.25, 0.3) is 0 Å². The molecule has 0 bridgehead atoms. The zero-order valence-electron chi connectivity index (χ0n) is 16.4. The molecule has 0 unspecified atom stereocenters. The van der Waals surface area contributed by atoms with Crippen molar-refractivity contribution in [3.8, 4) is 17.2 Å². The highest BCUT2D eigenvalue weighted by Crippen LogP contribution is 2.32. The molecule has 9 heteroatoms. The van der Waals surface area contributed by atoms with Gasteiger partial charge in [0.15, 0.2) is 11.5 Å². The molecule has 156 valence electrons. The Labute approximate surface area is 170 Å². The minimum atomic E-state index is -3.89. The number of carbonyl (C=O) groups excluding carboxylic acids is 1. The van der Waals surface area contributed by atoms with Crippen LogP contribution >= 0.6 is 0 Å². The lowest BCUT2D eigenvalue weighted by molar-refractivity contribution is -0.116. The lowest BCUT2D eigenvalue weighted by atomic mass is 10.3. The third-order valence-electron chi connectivity index (χ3n) is 4.25. The van der Waals surface area contributed by atoms with E-state index >= 15 is 0 Å². The van der Waals surface area contributed by atoms with Crippen LogP contribution in [0.3, 0.4) is 0 Å². The van der Waals surface area contributed by atoms with Crippen molar-refractivity contribution in [2.24, 2.45) is 0 Å². The summed E-state index contributed by atoms with van der Waals surface area (Å²) in [6, 6.07) is 11.4. The van der Waals surface area contributed by atoms with Crippen molar-refractivity contribution in [2.45, 2.75) is 18.2 Å². The van der Waals surface area contributed by atoms with E-state index in [1.165, 1.54) is 19.2 Å². The molecule has 1 aliphatic heterocycles. The van der Waals surface area contributed by atoms with E-state index in [2.05, 4.69) is 5.32 Å². The lowest BCUT2D eigenvalue weighted by Gasteiger charge is -2.18. The Hall–Kier alpha value is -2.78. The molecule has 0 aliphatic carbocycles. The van der Waals surface area contributed by atoms with Crippen LogP contribution in [0.2, 0.25) is 0 Å². The smallest absolute Gasteiger partial charge is 0.243 e. The highest BCUT2D eigenvalue weighted by Gasteiger charge is 2.25. The summed E-state index contributed by atoms with van der Waals surface area (Å²) in [4.78, 5) is 12.5. The zero-order chi connectivity index (χ0) is 20.9. The molecule has 0 saturated heterocycles. The number of hydrogen-bond acceptors (Lipinski definition) is 6. The second-order valence-electron chi connectivity index (χ2n) is 6.40. The molecule has 29 heavy (non-hydrogen) atoms. The third kappa shape index (κ3) is 4.99. The SMILES string of the molecule is CCOc1ccccc1NC(=O)CN(C)S(=O)(=O)c1ccc2c(c1)OCCCO2. The van der Waals surface area contributed by atoms with Gasteiger partial charge in [-0.15, -0.1) is 0 Å². The molecule has 8 nitrogen and oxygen atoms in total. The molecule has 1 amide bonds. The molecule has 1 N–H and O–H groups in total. The number of anilines is 1. The van der Waals surface area contributed by atoms with E-state index in [1.807, 2.05) is 6.92 Å². The number of amides is 1. The fourth-order valence-corrected chi connectivity index (χ4v) is 3.96. The molecule has 0 atom stereocenters. The van der Waals surface area contributed by atoms with Crippen molar-refractivity contribution in [3.05, 3.63) is 42.5 Å². The van der Waals surface area contributed by atoms with Crippen molar-refractivity contribution in [1.82, 2.24) is 4.31 Å². The van der Waals surface area contributed by atoms with Gasteiger partial charge in [0.05, 0.1) is 36.9 Å². The van der Waals surface area contributed by atoms with E-state index in [-0.39, 0.29) is 11.4 Å². The number of benzene rings is 2. The van der Waals surface area contributed by atoms with Crippen molar-refractivity contribution in [1.29, 1.82) is 0 Å². The standard InChI is InChI=1S/C20H24N2O6S/c1-3-26-17-8-5-4-7-16(17)21-20(23)14-22(2)29(24,25)15-9-10-18-19(13-15)28-12-6-11-27-18/h4-5,7-10,13H,3,6,11-12,14H2,1-2H3,(H,21,23). The first-order valence-electron chi connectivity index (χ1n) is 9.29. The van der Waals surface area contributed by atoms with E-state index in [1.54, 1.807) is 30.3 Å². The number of para-hydroxylation sites is 2. The number of rotatable bonds is 7. The van der Waals surface area contributed by atoms with Crippen LogP contribution in [-0.4, -0.2) is 52.0 Å². The predicted octanol–water partition coefficient (Wildman–Crippen LogP) is 2.51. The zero-order valence-corrected chi connectivity index (χ0v) is 17.2. The van der Waals surface area contributed by atoms with Crippen molar-refractivity contribution < 1.29 is 27.4 Å². The highest BCUT2D eigenvalue weighted by atomic mass is 32.2. The van der Waals surface area contributed by atoms with Gasteiger partial charge in [-0.05, 0) is 31.2 Å². The van der Waals surface area contributed by atoms with Crippen LogP contribution in [0.1, 0.15) is 13.3 Å². The maximum Gasteiger partial charge on any atom is 0.243 e. The molecule has 2 aromatic rings. The molecule has 0 aromatic heterocycles. The minimum Gasteiger partial charge on any atom is -0.492 e. The average molecular weight is 420 g/mol. The van der Waals surface area contributed by atoms with Crippen LogP contribution in [0.5, 0.6) is 17.2 Å². The van der Waals surface area contributed by atoms with Crippen molar-refractivity contribution in [2.75, 3.05) is 38.7 Å². The summed E-state index contributed by atoms with van der Waals surface area (Å²) < 4.78 is 43.3. The number of sulfonamides is 1. The van der Waals surface area contributed by atoms with Gasteiger partial charge in [0.25, 0.3) is 0 Å². The number of nitrogens with one attached hydrogen (secondary N) is 1. The van der Waals surface area contributed by atoms with Gasteiger partial charge in [0, 0.05) is 19.5 Å². The Morgan fingerprint density at radius 1 is 1.14 bits per heavy atom. The number of nitrogens with zero attached hydrogens (tertiary/aromatic N) is 1. The molecule has 0 radical (unpaired) electrons. The van der Waals surface area contributed by atoms with Gasteiger partial charge in [0.2, 0.25) is 15.9 Å². The van der Waals surface area contributed by atoms with Gasteiger partial charge in [-0.25, -0.2) is 8.42 Å². The summed E-state index contributed by atoms with van der Waals surface area (Å²) in [6.07, 6.45) is 0.722. The average Bonchev–Trinajstić information content (AvgIpc) is 2.94. The van der Waals surface area contributed by atoms with Gasteiger partial charge in [-0.2, -0.15) is 4.31 Å². The summed E-state index contributed by atoms with van der Waals surface area (Å²) in [6.45, 7) is 2.91. The van der Waals surface area contributed by atoms with Crippen LogP contribution in [0, 0.1) is 0 Å². The van der Waals surface area contributed by atoms with Crippen LogP contribution in [0.4, 0.5) is 5.69 Å². The summed E-state index contributed by atoms with van der Waals surface area (Å²) >= 11 is 0. The fraction of sp³-hybridized carbons (Fsp3) is 0.350. The molecule has 3 rings (SSSR count). The third-order valence-corrected chi connectivity index (χ3v) is 6.05. The van der Waals surface area contributed by atoms with Gasteiger partial charge in [0.1, 0.15) is 5.75 Å². The number of likely N-dealkylation sites (N-methyl/N-ethyl adjacent to an activating group) is 1. The topological polar surface area (TPSA) is 94.2 Å². The minimum absolute atomic E-state index is 0.0340. The van der Waals surface area contributed by atoms with Crippen LogP contribution in [0.15, 0.2) is 47.4 Å². The van der Waals surface area contributed by atoms with Crippen LogP contribution < -0.4 is 19.5 Å². The van der Waals surface area contributed by atoms with E-state index in [9.17, 15) is 13.2 Å². The first-order valence-corrected chi connectivity index (χ1v) is 10.7. The lowest BCUT2D eigenvalue weighted by Crippen LogP contribution is -2.35. The van der Waals surface area contributed by atoms with Crippen molar-refractivity contribution >= 4 is 21.6 Å². The Kier molecular flexibility index (Phi) is 6.60. The largest absolute Gasteiger partial charge is 0.492 e. The number of ether oxygens (including phenoxy) is 3. The maximum atomic E-state index is 12.9. The number of carbonyl (C=O) groups is 1. The monoisotopic (exact) mass is 420 g/mol. The molecule has 1 aliphatic rings. The molecule has 0 spiro atoms. The van der Waals surface area contributed by atoms with E-state index in [4.69, 9.17) is 14.2 Å². The van der Waals surface area contributed by atoms with Gasteiger partial charge in [-0.3, -0.25) is 4.79 Å². The predicted molar refractivity (Wildman–Crippen MR) is 108 cm³/mol. The van der Waals surface area contributed by atoms with Gasteiger partial charge < -0.3 is 19.5 Å².